The molecular weight excluding hydrogens is 180 g/mol. The van der Waals surface area contributed by atoms with Crippen molar-refractivity contribution in [2.75, 3.05) is 0 Å². The summed E-state index contributed by atoms with van der Waals surface area (Å²) >= 11 is 5.21. The number of carbonyl (C=O) groups is 2. The Kier molecular flexibility index (Phi) is 5.72. The third-order valence-electron chi connectivity index (χ3n) is 1.38. The second kappa shape index (κ2) is 6.00. The van der Waals surface area contributed by atoms with Gasteiger partial charge < -0.3 is 4.74 Å². The van der Waals surface area contributed by atoms with Crippen LogP contribution in [0.25, 0.3) is 0 Å². The van der Waals surface area contributed by atoms with Gasteiger partial charge in [0, 0.05) is 6.92 Å². The predicted octanol–water partition coefficient (Wildman–Crippen LogP) is 1.87. The summed E-state index contributed by atoms with van der Waals surface area (Å²) in [6, 6.07) is 0. The van der Waals surface area contributed by atoms with Gasteiger partial charge in [-0.3, -0.25) is 9.59 Å². The number of hydrogen-bond donors (Lipinski definition) is 0. The molecule has 70 valence electrons. The van der Waals surface area contributed by atoms with Crippen molar-refractivity contribution in [3.63, 3.8) is 0 Å². The van der Waals surface area contributed by atoms with Crippen LogP contribution in [0.4, 0.5) is 0 Å². The predicted molar refractivity (Wildman–Crippen MR) is 45.9 cm³/mol. The Bertz CT molecular complexity index is 168. The van der Waals surface area contributed by atoms with Gasteiger partial charge in [0.15, 0.2) is 6.10 Å². The normalized spacial score (nSPS) is 12.2. The molecule has 0 rings (SSSR count). The van der Waals surface area contributed by atoms with Crippen LogP contribution in [-0.2, 0) is 14.3 Å². The first-order chi connectivity index (χ1) is 5.57. The van der Waals surface area contributed by atoms with Crippen molar-refractivity contribution in [3.8, 4) is 0 Å². The molecule has 0 radical (unpaired) electrons. The molecule has 0 amide bonds. The Morgan fingerprint density at radius 3 is 2.42 bits per heavy atom. The number of unbranched alkanes of at least 4 members (excludes halogenated alkanes) is 1. The van der Waals surface area contributed by atoms with Crippen LogP contribution in [0, 0.1) is 0 Å². The zero-order valence-electron chi connectivity index (χ0n) is 7.30. The minimum absolute atomic E-state index is 0.467. The molecule has 0 N–H and O–H groups in total. The lowest BCUT2D eigenvalue weighted by Gasteiger charge is -2.11. The molecule has 0 aliphatic rings. The van der Waals surface area contributed by atoms with Gasteiger partial charge in [0.1, 0.15) is 0 Å². The fraction of sp³-hybridized carbons (Fsp3) is 0.750. The van der Waals surface area contributed by atoms with E-state index in [0.29, 0.717) is 6.42 Å². The van der Waals surface area contributed by atoms with E-state index in [1.807, 2.05) is 6.92 Å². The number of carbonyl (C=O) groups excluding carboxylic acids is 2. The summed E-state index contributed by atoms with van der Waals surface area (Å²) in [5.74, 6) is -0.467. The fourth-order valence-corrected chi connectivity index (χ4v) is 0.962. The van der Waals surface area contributed by atoms with Gasteiger partial charge in [-0.05, 0) is 24.4 Å². The van der Waals surface area contributed by atoms with E-state index in [9.17, 15) is 9.59 Å². The molecule has 0 aliphatic carbocycles. The first-order valence-electron chi connectivity index (χ1n) is 3.94. The van der Waals surface area contributed by atoms with Gasteiger partial charge in [0.2, 0.25) is 0 Å². The fourth-order valence-electron chi connectivity index (χ4n) is 0.809. The van der Waals surface area contributed by atoms with Crippen molar-refractivity contribution in [1.82, 2.24) is 0 Å². The van der Waals surface area contributed by atoms with Crippen molar-refractivity contribution in [1.29, 1.82) is 0 Å². The quantitative estimate of drug-likeness (QED) is 0.494. The minimum atomic E-state index is -0.760. The van der Waals surface area contributed by atoms with Crippen LogP contribution in [0.5, 0.6) is 0 Å². The first-order valence-corrected chi connectivity index (χ1v) is 4.32. The van der Waals surface area contributed by atoms with Crippen LogP contribution >= 0.6 is 11.6 Å². The highest BCUT2D eigenvalue weighted by Gasteiger charge is 2.18. The summed E-state index contributed by atoms with van der Waals surface area (Å²) in [5.41, 5.74) is 0. The second-order valence-corrected chi connectivity index (χ2v) is 2.92. The molecule has 0 spiro atoms. The molecule has 0 heterocycles. The Morgan fingerprint density at radius 1 is 1.50 bits per heavy atom. The van der Waals surface area contributed by atoms with Crippen molar-refractivity contribution in [3.05, 3.63) is 0 Å². The standard InChI is InChI=1S/C8H13ClO3/c1-3-4-5-7(8(9)11)12-6(2)10/h7H,3-5H2,1-2H3. The Balaban J connectivity index is 3.87. The molecule has 1 atom stereocenters. The lowest BCUT2D eigenvalue weighted by atomic mass is 10.2. The summed E-state index contributed by atoms with van der Waals surface area (Å²) in [6.07, 6.45) is 1.53. The van der Waals surface area contributed by atoms with Crippen molar-refractivity contribution in [2.45, 2.75) is 39.2 Å². The molecule has 3 nitrogen and oxygen atoms in total. The van der Waals surface area contributed by atoms with E-state index < -0.39 is 17.3 Å². The number of rotatable bonds is 5. The Morgan fingerprint density at radius 2 is 2.08 bits per heavy atom. The first kappa shape index (κ1) is 11.4. The molecule has 0 saturated heterocycles. The van der Waals surface area contributed by atoms with E-state index in [1.165, 1.54) is 6.92 Å². The molecule has 0 fully saturated rings. The maximum Gasteiger partial charge on any atom is 0.303 e. The maximum absolute atomic E-state index is 10.7. The van der Waals surface area contributed by atoms with Crippen LogP contribution in [0.3, 0.4) is 0 Å². The van der Waals surface area contributed by atoms with Gasteiger partial charge in [-0.1, -0.05) is 13.3 Å². The highest BCUT2D eigenvalue weighted by Crippen LogP contribution is 2.08. The highest BCUT2D eigenvalue weighted by atomic mass is 35.5. The third kappa shape index (κ3) is 5.13. The third-order valence-corrected chi connectivity index (χ3v) is 1.62. The molecule has 0 aromatic carbocycles. The molecule has 0 aromatic heterocycles. The average molecular weight is 193 g/mol. The SMILES string of the molecule is CCCCC(OC(C)=O)C(=O)Cl. The molecule has 0 aromatic rings. The summed E-state index contributed by atoms with van der Waals surface area (Å²) in [5, 5.41) is -0.598. The average Bonchev–Trinajstić information content (AvgIpc) is 1.96. The summed E-state index contributed by atoms with van der Waals surface area (Å²) in [4.78, 5) is 21.2. The van der Waals surface area contributed by atoms with E-state index >= 15 is 0 Å². The van der Waals surface area contributed by atoms with Gasteiger partial charge in [0.05, 0.1) is 0 Å². The second-order valence-electron chi connectivity index (χ2n) is 2.54. The van der Waals surface area contributed by atoms with Gasteiger partial charge in [-0.2, -0.15) is 0 Å². The zero-order valence-corrected chi connectivity index (χ0v) is 8.06. The van der Waals surface area contributed by atoms with Gasteiger partial charge in [-0.25, -0.2) is 0 Å². The van der Waals surface area contributed by atoms with Crippen LogP contribution in [0.15, 0.2) is 0 Å². The highest BCUT2D eigenvalue weighted by molar-refractivity contribution is 6.64. The molecule has 0 bridgehead atoms. The monoisotopic (exact) mass is 192 g/mol. The molecule has 0 saturated carbocycles. The van der Waals surface area contributed by atoms with Crippen molar-refractivity contribution < 1.29 is 14.3 Å². The Labute approximate surface area is 77.0 Å². The van der Waals surface area contributed by atoms with Gasteiger partial charge in [-0.15, -0.1) is 0 Å². The maximum atomic E-state index is 10.7. The van der Waals surface area contributed by atoms with Crippen molar-refractivity contribution in [2.24, 2.45) is 0 Å². The van der Waals surface area contributed by atoms with E-state index in [1.54, 1.807) is 0 Å². The molecule has 0 aliphatic heterocycles. The van der Waals surface area contributed by atoms with Gasteiger partial charge >= 0.3 is 5.97 Å². The molecule has 12 heavy (non-hydrogen) atoms. The Hall–Kier alpha value is -0.570. The van der Waals surface area contributed by atoms with Crippen molar-refractivity contribution >= 4 is 22.8 Å². The summed E-state index contributed by atoms with van der Waals surface area (Å²) in [7, 11) is 0. The molecular formula is C8H13ClO3. The molecule has 4 heteroatoms. The van der Waals surface area contributed by atoms with E-state index in [2.05, 4.69) is 0 Å². The topological polar surface area (TPSA) is 43.4 Å². The van der Waals surface area contributed by atoms with Crippen LogP contribution in [0.1, 0.15) is 33.1 Å². The van der Waals surface area contributed by atoms with Gasteiger partial charge in [0.25, 0.3) is 5.24 Å². The summed E-state index contributed by atoms with van der Waals surface area (Å²) < 4.78 is 4.69. The van der Waals surface area contributed by atoms with Crippen LogP contribution < -0.4 is 0 Å². The van der Waals surface area contributed by atoms with Crippen LogP contribution in [0.2, 0.25) is 0 Å². The number of halogens is 1. The van der Waals surface area contributed by atoms with E-state index in [4.69, 9.17) is 16.3 Å². The lowest BCUT2D eigenvalue weighted by molar-refractivity contribution is -0.150. The number of hydrogen-bond acceptors (Lipinski definition) is 3. The largest absolute Gasteiger partial charge is 0.453 e. The smallest absolute Gasteiger partial charge is 0.303 e. The minimum Gasteiger partial charge on any atom is -0.453 e. The number of ether oxygens (including phenoxy) is 1. The van der Waals surface area contributed by atoms with Crippen LogP contribution in [-0.4, -0.2) is 17.3 Å². The van der Waals surface area contributed by atoms with E-state index in [0.717, 1.165) is 12.8 Å². The van der Waals surface area contributed by atoms with E-state index in [-0.39, 0.29) is 0 Å². The lowest BCUT2D eigenvalue weighted by Crippen LogP contribution is -2.22. The zero-order chi connectivity index (χ0) is 9.56. The summed E-state index contributed by atoms with van der Waals surface area (Å²) in [6.45, 7) is 3.25. The number of esters is 1. The molecule has 1 unspecified atom stereocenters.